The van der Waals surface area contributed by atoms with Crippen molar-refractivity contribution in [2.24, 2.45) is 11.8 Å². The molecule has 1 aromatic carbocycles. The molecule has 0 unspecified atom stereocenters. The molecule has 0 atom stereocenters. The van der Waals surface area contributed by atoms with E-state index in [2.05, 4.69) is 19.1 Å². The molecular formula is C21H28ClFO2. The van der Waals surface area contributed by atoms with Crippen LogP contribution in [0.25, 0.3) is 0 Å². The molecule has 2 fully saturated rings. The van der Waals surface area contributed by atoms with Crippen molar-refractivity contribution in [2.45, 2.75) is 57.7 Å². The van der Waals surface area contributed by atoms with Gasteiger partial charge in [-0.05, 0) is 55.7 Å². The van der Waals surface area contributed by atoms with Gasteiger partial charge in [0.05, 0.1) is 18.2 Å². The van der Waals surface area contributed by atoms with Crippen LogP contribution in [0.2, 0.25) is 5.02 Å². The highest BCUT2D eigenvalue weighted by atomic mass is 35.5. The molecule has 0 aromatic heterocycles. The van der Waals surface area contributed by atoms with Crippen LogP contribution < -0.4 is 0 Å². The van der Waals surface area contributed by atoms with Crippen molar-refractivity contribution in [3.05, 3.63) is 46.8 Å². The monoisotopic (exact) mass is 366 g/mol. The lowest BCUT2D eigenvalue weighted by atomic mass is 9.78. The van der Waals surface area contributed by atoms with E-state index >= 15 is 0 Å². The zero-order valence-electron chi connectivity index (χ0n) is 14.9. The van der Waals surface area contributed by atoms with Crippen molar-refractivity contribution < 1.29 is 13.9 Å². The van der Waals surface area contributed by atoms with E-state index in [1.54, 1.807) is 12.1 Å². The molecule has 0 spiro atoms. The molecule has 0 N–H and O–H groups in total. The first kappa shape index (κ1) is 18.9. The van der Waals surface area contributed by atoms with Crippen molar-refractivity contribution in [1.29, 1.82) is 0 Å². The Morgan fingerprint density at radius 1 is 1.16 bits per heavy atom. The molecule has 1 saturated heterocycles. The van der Waals surface area contributed by atoms with E-state index in [9.17, 15) is 4.39 Å². The van der Waals surface area contributed by atoms with Crippen LogP contribution in [0.4, 0.5) is 4.39 Å². The Morgan fingerprint density at radius 3 is 2.52 bits per heavy atom. The minimum atomic E-state index is -0.317. The first-order valence-corrected chi connectivity index (χ1v) is 9.90. The molecule has 2 aliphatic rings. The van der Waals surface area contributed by atoms with Gasteiger partial charge < -0.3 is 9.47 Å². The summed E-state index contributed by atoms with van der Waals surface area (Å²) in [5.74, 6) is 0.934. The van der Waals surface area contributed by atoms with Gasteiger partial charge >= 0.3 is 0 Å². The van der Waals surface area contributed by atoms with Crippen molar-refractivity contribution in [3.63, 3.8) is 0 Å². The average molecular weight is 367 g/mol. The van der Waals surface area contributed by atoms with Crippen molar-refractivity contribution in [2.75, 3.05) is 13.2 Å². The fraction of sp³-hybridized carbons (Fsp3) is 0.619. The zero-order chi connectivity index (χ0) is 17.6. The van der Waals surface area contributed by atoms with E-state index in [1.807, 2.05) is 6.07 Å². The minimum Gasteiger partial charge on any atom is -0.352 e. The second-order valence-electron chi connectivity index (χ2n) is 7.30. The predicted molar refractivity (Wildman–Crippen MR) is 99.3 cm³/mol. The molecule has 1 heterocycles. The van der Waals surface area contributed by atoms with Crippen LogP contribution in [-0.2, 0) is 9.47 Å². The van der Waals surface area contributed by atoms with Crippen molar-refractivity contribution >= 4 is 11.6 Å². The number of unbranched alkanes of at least 4 members (excludes halogenated alkanes) is 1. The van der Waals surface area contributed by atoms with Crippen molar-refractivity contribution in [1.82, 2.24) is 0 Å². The third-order valence-corrected chi connectivity index (χ3v) is 5.69. The summed E-state index contributed by atoms with van der Waals surface area (Å²) in [6.07, 6.45) is 10.9. The van der Waals surface area contributed by atoms with Crippen LogP contribution in [0.3, 0.4) is 0 Å². The number of rotatable bonds is 5. The van der Waals surface area contributed by atoms with Gasteiger partial charge in [-0.2, -0.15) is 0 Å². The maximum atomic E-state index is 13.7. The predicted octanol–water partition coefficient (Wildman–Crippen LogP) is 6.10. The van der Waals surface area contributed by atoms with Gasteiger partial charge in [0, 0.05) is 11.8 Å². The van der Waals surface area contributed by atoms with Gasteiger partial charge in [0.2, 0.25) is 0 Å². The van der Waals surface area contributed by atoms with Gasteiger partial charge in [-0.15, -0.1) is 0 Å². The first-order valence-electron chi connectivity index (χ1n) is 9.52. The molecule has 1 saturated carbocycles. The molecule has 25 heavy (non-hydrogen) atoms. The standard InChI is InChI=1S/C21H28ClFO2/c1-2-3-4-5-15-13-24-21(25-14-15)17-8-6-16(7-9-17)18-10-11-19(22)20(23)12-18/h4-5,10-12,15-17,21H,2-3,6-9,13-14H2,1H3. The van der Waals surface area contributed by atoms with E-state index in [4.69, 9.17) is 21.1 Å². The highest BCUT2D eigenvalue weighted by Gasteiger charge is 2.32. The molecule has 1 aromatic rings. The van der Waals surface area contributed by atoms with Crippen LogP contribution >= 0.6 is 11.6 Å². The van der Waals surface area contributed by atoms with Gasteiger partial charge in [0.25, 0.3) is 0 Å². The SMILES string of the molecule is CCCC=CC1COC(C2CCC(c3ccc(Cl)c(F)c3)CC2)OC1. The van der Waals surface area contributed by atoms with E-state index in [1.165, 1.54) is 6.42 Å². The Bertz CT molecular complexity index is 573. The minimum absolute atomic E-state index is 0.0706. The Morgan fingerprint density at radius 2 is 1.88 bits per heavy atom. The van der Waals surface area contributed by atoms with Crippen LogP contribution in [0.1, 0.15) is 56.9 Å². The maximum Gasteiger partial charge on any atom is 0.160 e. The molecular weight excluding hydrogens is 339 g/mol. The quantitative estimate of drug-likeness (QED) is 0.586. The topological polar surface area (TPSA) is 18.5 Å². The fourth-order valence-corrected chi connectivity index (χ4v) is 3.98. The lowest BCUT2D eigenvalue weighted by Crippen LogP contribution is -2.37. The molecule has 0 radical (unpaired) electrons. The van der Waals surface area contributed by atoms with Crippen molar-refractivity contribution in [3.8, 4) is 0 Å². The summed E-state index contributed by atoms with van der Waals surface area (Å²) in [6, 6.07) is 5.21. The number of halogens is 2. The largest absolute Gasteiger partial charge is 0.352 e. The van der Waals surface area contributed by atoms with Gasteiger partial charge in [-0.1, -0.05) is 43.2 Å². The second kappa shape index (κ2) is 9.16. The normalized spacial score (nSPS) is 30.7. The fourth-order valence-electron chi connectivity index (χ4n) is 3.86. The van der Waals surface area contributed by atoms with Gasteiger partial charge in [0.1, 0.15) is 5.82 Å². The highest BCUT2D eigenvalue weighted by molar-refractivity contribution is 6.30. The first-order chi connectivity index (χ1) is 12.2. The third-order valence-electron chi connectivity index (χ3n) is 5.38. The summed E-state index contributed by atoms with van der Waals surface area (Å²) in [5.41, 5.74) is 1.06. The molecule has 0 amide bonds. The number of hydrogen-bond acceptors (Lipinski definition) is 2. The van der Waals surface area contributed by atoms with Crippen LogP contribution in [-0.4, -0.2) is 19.5 Å². The van der Waals surface area contributed by atoms with E-state index in [0.29, 0.717) is 17.8 Å². The number of hydrogen-bond donors (Lipinski definition) is 0. The van der Waals surface area contributed by atoms with Crippen LogP contribution in [0.5, 0.6) is 0 Å². The van der Waals surface area contributed by atoms with Gasteiger partial charge in [-0.25, -0.2) is 4.39 Å². The highest BCUT2D eigenvalue weighted by Crippen LogP contribution is 2.39. The zero-order valence-corrected chi connectivity index (χ0v) is 15.7. The molecule has 4 heteroatoms. The van der Waals surface area contributed by atoms with Gasteiger partial charge in [-0.3, -0.25) is 0 Å². The summed E-state index contributed by atoms with van der Waals surface area (Å²) in [7, 11) is 0. The van der Waals surface area contributed by atoms with Crippen LogP contribution in [0, 0.1) is 17.7 Å². The molecule has 1 aliphatic carbocycles. The smallest absolute Gasteiger partial charge is 0.160 e. The Labute approximate surface area is 155 Å². The summed E-state index contributed by atoms with van der Waals surface area (Å²) in [4.78, 5) is 0. The number of ether oxygens (including phenoxy) is 2. The Hall–Kier alpha value is -0.900. The summed E-state index contributed by atoms with van der Waals surface area (Å²) < 4.78 is 25.6. The summed E-state index contributed by atoms with van der Waals surface area (Å²) in [6.45, 7) is 3.70. The molecule has 2 nitrogen and oxygen atoms in total. The molecule has 3 rings (SSSR count). The molecule has 0 bridgehead atoms. The van der Waals surface area contributed by atoms with Crippen LogP contribution in [0.15, 0.2) is 30.4 Å². The average Bonchev–Trinajstić information content (AvgIpc) is 2.65. The van der Waals surface area contributed by atoms with E-state index < -0.39 is 0 Å². The summed E-state index contributed by atoms with van der Waals surface area (Å²) >= 11 is 5.78. The molecule has 138 valence electrons. The number of benzene rings is 1. The lowest BCUT2D eigenvalue weighted by Gasteiger charge is -2.37. The third kappa shape index (κ3) is 5.06. The summed E-state index contributed by atoms with van der Waals surface area (Å²) in [5, 5.41) is 0.198. The molecule has 1 aliphatic heterocycles. The Kier molecular flexibility index (Phi) is 6.92. The lowest BCUT2D eigenvalue weighted by molar-refractivity contribution is -0.222. The maximum absolute atomic E-state index is 13.7. The van der Waals surface area contributed by atoms with Gasteiger partial charge in [0.15, 0.2) is 6.29 Å². The second-order valence-corrected chi connectivity index (χ2v) is 7.70. The van der Waals surface area contributed by atoms with E-state index in [0.717, 1.165) is 50.9 Å². The number of allylic oxidation sites excluding steroid dienone is 1. The Balaban J connectivity index is 1.46. The van der Waals surface area contributed by atoms with E-state index in [-0.39, 0.29) is 17.1 Å².